The van der Waals surface area contributed by atoms with Crippen molar-refractivity contribution < 1.29 is 9.32 Å². The van der Waals surface area contributed by atoms with Gasteiger partial charge in [-0.3, -0.25) is 4.90 Å². The van der Waals surface area contributed by atoms with Crippen LogP contribution in [0.5, 0.6) is 0 Å². The maximum absolute atomic E-state index is 11.4. The Kier molecular flexibility index (Phi) is 2.55. The number of urea groups is 1. The van der Waals surface area contributed by atoms with Gasteiger partial charge in [0.1, 0.15) is 5.76 Å². The molecule has 0 bridgehead atoms. The molecule has 0 saturated heterocycles. The summed E-state index contributed by atoms with van der Waals surface area (Å²) < 4.78 is 4.85. The first-order valence-electron chi connectivity index (χ1n) is 3.90. The first-order valence-corrected chi connectivity index (χ1v) is 3.90. The van der Waals surface area contributed by atoms with Gasteiger partial charge in [0.15, 0.2) is 5.82 Å². The number of hydrogen-bond acceptors (Lipinski definition) is 3. The second kappa shape index (κ2) is 3.47. The molecular formula is C8H13N3O2. The molecule has 0 aromatic carbocycles. The average Bonchev–Trinajstić information content (AvgIpc) is 2.49. The predicted octanol–water partition coefficient (Wildman–Crippen LogP) is 1.10. The fourth-order valence-electron chi connectivity index (χ4n) is 0.909. The normalized spacial score (nSPS) is 9.85. The lowest BCUT2D eigenvalue weighted by Crippen LogP contribution is -2.36. The van der Waals surface area contributed by atoms with Crippen molar-refractivity contribution in [3.63, 3.8) is 0 Å². The summed E-state index contributed by atoms with van der Waals surface area (Å²) in [5, 5.41) is 3.72. The van der Waals surface area contributed by atoms with Crippen LogP contribution in [0.1, 0.15) is 5.76 Å². The van der Waals surface area contributed by atoms with Gasteiger partial charge in [-0.15, -0.1) is 0 Å². The molecule has 0 fully saturated rings. The Morgan fingerprint density at radius 3 is 2.46 bits per heavy atom. The highest BCUT2D eigenvalue weighted by atomic mass is 16.5. The van der Waals surface area contributed by atoms with Gasteiger partial charge in [0, 0.05) is 27.2 Å². The molecule has 0 aliphatic rings. The molecule has 1 aromatic rings. The zero-order valence-corrected chi connectivity index (χ0v) is 8.24. The average molecular weight is 183 g/mol. The molecule has 0 N–H and O–H groups in total. The Morgan fingerprint density at radius 2 is 2.08 bits per heavy atom. The van der Waals surface area contributed by atoms with Crippen LogP contribution in [0.3, 0.4) is 0 Å². The van der Waals surface area contributed by atoms with Crippen molar-refractivity contribution in [3.8, 4) is 0 Å². The number of rotatable bonds is 1. The van der Waals surface area contributed by atoms with E-state index in [9.17, 15) is 4.79 Å². The quantitative estimate of drug-likeness (QED) is 0.655. The molecule has 13 heavy (non-hydrogen) atoms. The Hall–Kier alpha value is -1.52. The SMILES string of the molecule is Cc1cc(N(C)C(=O)N(C)C)no1. The number of aromatic nitrogens is 1. The molecule has 2 amide bonds. The minimum Gasteiger partial charge on any atom is -0.360 e. The third kappa shape index (κ3) is 1.99. The van der Waals surface area contributed by atoms with E-state index in [0.29, 0.717) is 11.6 Å². The molecule has 1 rings (SSSR count). The van der Waals surface area contributed by atoms with Crippen molar-refractivity contribution >= 4 is 11.8 Å². The van der Waals surface area contributed by atoms with Crippen molar-refractivity contribution in [2.45, 2.75) is 6.92 Å². The highest BCUT2D eigenvalue weighted by Gasteiger charge is 2.15. The standard InChI is InChI=1S/C8H13N3O2/c1-6-5-7(9-13-6)11(4)8(12)10(2)3/h5H,1-4H3. The Balaban J connectivity index is 2.79. The molecule has 0 unspecified atom stereocenters. The van der Waals surface area contributed by atoms with Gasteiger partial charge < -0.3 is 9.42 Å². The second-order valence-corrected chi connectivity index (χ2v) is 3.03. The highest BCUT2D eigenvalue weighted by Crippen LogP contribution is 2.12. The van der Waals surface area contributed by atoms with Gasteiger partial charge in [-0.05, 0) is 6.92 Å². The molecule has 0 spiro atoms. The van der Waals surface area contributed by atoms with Gasteiger partial charge >= 0.3 is 6.03 Å². The van der Waals surface area contributed by atoms with Crippen LogP contribution >= 0.6 is 0 Å². The van der Waals surface area contributed by atoms with Gasteiger partial charge in [0.05, 0.1) is 0 Å². The van der Waals surface area contributed by atoms with E-state index in [1.165, 1.54) is 9.80 Å². The van der Waals surface area contributed by atoms with E-state index >= 15 is 0 Å². The third-order valence-electron chi connectivity index (χ3n) is 1.63. The summed E-state index contributed by atoms with van der Waals surface area (Å²) >= 11 is 0. The van der Waals surface area contributed by atoms with E-state index < -0.39 is 0 Å². The molecular weight excluding hydrogens is 170 g/mol. The molecule has 0 aliphatic carbocycles. The van der Waals surface area contributed by atoms with Crippen molar-refractivity contribution in [1.82, 2.24) is 10.1 Å². The summed E-state index contributed by atoms with van der Waals surface area (Å²) in [4.78, 5) is 14.3. The molecule has 5 nitrogen and oxygen atoms in total. The number of carbonyl (C=O) groups excluding carboxylic acids is 1. The summed E-state index contributed by atoms with van der Waals surface area (Å²) in [7, 11) is 5.02. The second-order valence-electron chi connectivity index (χ2n) is 3.03. The molecule has 0 radical (unpaired) electrons. The van der Waals surface area contributed by atoms with Crippen molar-refractivity contribution in [2.75, 3.05) is 26.0 Å². The number of nitrogens with zero attached hydrogens (tertiary/aromatic N) is 3. The lowest BCUT2D eigenvalue weighted by atomic mass is 10.5. The van der Waals surface area contributed by atoms with E-state index in [2.05, 4.69) is 5.16 Å². The lowest BCUT2D eigenvalue weighted by Gasteiger charge is -2.18. The molecule has 1 aromatic heterocycles. The van der Waals surface area contributed by atoms with Gasteiger partial charge in [0.25, 0.3) is 0 Å². The van der Waals surface area contributed by atoms with E-state index in [1.54, 1.807) is 34.1 Å². The van der Waals surface area contributed by atoms with Crippen LogP contribution in [-0.4, -0.2) is 37.2 Å². The summed E-state index contributed by atoms with van der Waals surface area (Å²) in [6, 6.07) is 1.58. The summed E-state index contributed by atoms with van der Waals surface area (Å²) in [5.41, 5.74) is 0. The first-order chi connectivity index (χ1) is 6.02. The number of amides is 2. The molecule has 0 saturated carbocycles. The summed E-state index contributed by atoms with van der Waals surface area (Å²) in [6.07, 6.45) is 0. The van der Waals surface area contributed by atoms with E-state index in [1.807, 2.05) is 0 Å². The lowest BCUT2D eigenvalue weighted by molar-refractivity contribution is 0.224. The summed E-state index contributed by atoms with van der Waals surface area (Å²) in [5.74, 6) is 1.21. The van der Waals surface area contributed by atoms with Crippen LogP contribution in [0.4, 0.5) is 10.6 Å². The molecule has 5 heteroatoms. The maximum Gasteiger partial charge on any atom is 0.324 e. The number of hydrogen-bond donors (Lipinski definition) is 0. The third-order valence-corrected chi connectivity index (χ3v) is 1.63. The fourth-order valence-corrected chi connectivity index (χ4v) is 0.909. The van der Waals surface area contributed by atoms with Crippen LogP contribution in [0, 0.1) is 6.92 Å². The fraction of sp³-hybridized carbons (Fsp3) is 0.500. The zero-order chi connectivity index (χ0) is 10.0. The van der Waals surface area contributed by atoms with Gasteiger partial charge in [-0.1, -0.05) is 5.16 Å². The van der Waals surface area contributed by atoms with Crippen LogP contribution in [-0.2, 0) is 0 Å². The highest BCUT2D eigenvalue weighted by molar-refractivity contribution is 5.89. The minimum atomic E-state index is -0.131. The topological polar surface area (TPSA) is 49.6 Å². The number of anilines is 1. The van der Waals surface area contributed by atoms with Crippen LogP contribution in [0.15, 0.2) is 10.6 Å². The Bertz CT molecular complexity index is 306. The zero-order valence-electron chi connectivity index (χ0n) is 8.24. The smallest absolute Gasteiger partial charge is 0.324 e. The van der Waals surface area contributed by atoms with Crippen LogP contribution in [0.25, 0.3) is 0 Å². The number of aryl methyl sites for hydroxylation is 1. The maximum atomic E-state index is 11.4. The number of carbonyl (C=O) groups is 1. The van der Waals surface area contributed by atoms with Crippen molar-refractivity contribution in [1.29, 1.82) is 0 Å². The van der Waals surface area contributed by atoms with Gasteiger partial charge in [-0.25, -0.2) is 4.79 Å². The summed E-state index contributed by atoms with van der Waals surface area (Å²) in [6.45, 7) is 1.78. The van der Waals surface area contributed by atoms with E-state index in [-0.39, 0.29) is 6.03 Å². The largest absolute Gasteiger partial charge is 0.360 e. The predicted molar refractivity (Wildman–Crippen MR) is 48.7 cm³/mol. The molecule has 72 valence electrons. The van der Waals surface area contributed by atoms with E-state index in [0.717, 1.165) is 0 Å². The molecule has 0 aliphatic heterocycles. The molecule has 1 heterocycles. The van der Waals surface area contributed by atoms with E-state index in [4.69, 9.17) is 4.52 Å². The van der Waals surface area contributed by atoms with Crippen LogP contribution < -0.4 is 4.90 Å². The Morgan fingerprint density at radius 1 is 1.46 bits per heavy atom. The Labute approximate surface area is 76.9 Å². The monoisotopic (exact) mass is 183 g/mol. The van der Waals surface area contributed by atoms with Crippen LogP contribution in [0.2, 0.25) is 0 Å². The van der Waals surface area contributed by atoms with Crippen molar-refractivity contribution in [2.24, 2.45) is 0 Å². The van der Waals surface area contributed by atoms with Gasteiger partial charge in [0.2, 0.25) is 0 Å². The minimum absolute atomic E-state index is 0.131. The van der Waals surface area contributed by atoms with Gasteiger partial charge in [-0.2, -0.15) is 0 Å². The first kappa shape index (κ1) is 9.57. The van der Waals surface area contributed by atoms with Crippen molar-refractivity contribution in [3.05, 3.63) is 11.8 Å². The molecule has 0 atom stereocenters.